The molecule has 0 spiro atoms. The number of nitrogens with one attached hydrogen (secondary N) is 1. The summed E-state index contributed by atoms with van der Waals surface area (Å²) in [5.41, 5.74) is 1.03. The lowest BCUT2D eigenvalue weighted by molar-refractivity contribution is -0.0734. The van der Waals surface area contributed by atoms with Crippen LogP contribution in [-0.2, 0) is 4.74 Å². The van der Waals surface area contributed by atoms with Crippen molar-refractivity contribution < 1.29 is 4.74 Å². The third-order valence-electron chi connectivity index (χ3n) is 3.44. The fourth-order valence-corrected chi connectivity index (χ4v) is 2.69. The third kappa shape index (κ3) is 2.52. The second kappa shape index (κ2) is 5.02. The number of piperazine rings is 1. The summed E-state index contributed by atoms with van der Waals surface area (Å²) < 4.78 is 6.93. The predicted octanol–water partition coefficient (Wildman–Crippen LogP) is 1.19. The van der Waals surface area contributed by atoms with E-state index >= 15 is 0 Å². The Hall–Kier alpha value is -0.490. The summed E-state index contributed by atoms with van der Waals surface area (Å²) >= 11 is 3.40. The van der Waals surface area contributed by atoms with Crippen molar-refractivity contribution in [3.8, 4) is 0 Å². The minimum Gasteiger partial charge on any atom is -0.369 e. The van der Waals surface area contributed by atoms with E-state index in [9.17, 15) is 0 Å². The van der Waals surface area contributed by atoms with E-state index < -0.39 is 0 Å². The van der Waals surface area contributed by atoms with Crippen LogP contribution in [0.15, 0.2) is 22.8 Å². The van der Waals surface area contributed by atoms with Gasteiger partial charge in [0.25, 0.3) is 0 Å². The zero-order chi connectivity index (χ0) is 11.7. The molecule has 2 aliphatic rings. The van der Waals surface area contributed by atoms with Gasteiger partial charge in [-0.1, -0.05) is 0 Å². The highest BCUT2D eigenvalue weighted by molar-refractivity contribution is 9.10. The molecule has 0 bridgehead atoms. The fraction of sp³-hybridized carbons (Fsp3) is 0.583. The number of hydrogen-bond donors (Lipinski definition) is 1. The highest BCUT2D eigenvalue weighted by Gasteiger charge is 2.31. The lowest BCUT2D eigenvalue weighted by Crippen LogP contribution is -2.57. The van der Waals surface area contributed by atoms with Crippen molar-refractivity contribution in [2.75, 3.05) is 32.8 Å². The quantitative estimate of drug-likeness (QED) is 0.845. The average molecular weight is 298 g/mol. The van der Waals surface area contributed by atoms with Gasteiger partial charge < -0.3 is 10.1 Å². The van der Waals surface area contributed by atoms with Crippen molar-refractivity contribution in [1.29, 1.82) is 0 Å². The number of fused-ring (bicyclic) bond motifs is 1. The van der Waals surface area contributed by atoms with E-state index in [2.05, 4.69) is 31.1 Å². The summed E-state index contributed by atoms with van der Waals surface area (Å²) in [6, 6.07) is 4.60. The second-order valence-electron chi connectivity index (χ2n) is 4.58. The molecule has 0 aromatic carbocycles. The lowest BCUT2D eigenvalue weighted by atomic mass is 10.1. The Morgan fingerprint density at radius 1 is 1.47 bits per heavy atom. The predicted molar refractivity (Wildman–Crippen MR) is 68.9 cm³/mol. The maximum Gasteiger partial charge on any atom is 0.112 e. The molecule has 4 nitrogen and oxygen atoms in total. The molecule has 17 heavy (non-hydrogen) atoms. The van der Waals surface area contributed by atoms with Crippen LogP contribution < -0.4 is 5.32 Å². The van der Waals surface area contributed by atoms with Crippen LogP contribution in [0.25, 0.3) is 0 Å². The van der Waals surface area contributed by atoms with E-state index in [1.54, 1.807) is 0 Å². The first kappa shape index (κ1) is 11.6. The first-order valence-electron chi connectivity index (χ1n) is 6.01. The van der Waals surface area contributed by atoms with Gasteiger partial charge in [0.05, 0.1) is 12.3 Å². The summed E-state index contributed by atoms with van der Waals surface area (Å²) in [6.45, 7) is 4.99. The maximum absolute atomic E-state index is 5.91. The van der Waals surface area contributed by atoms with Gasteiger partial charge in [0.2, 0.25) is 0 Å². The molecule has 2 atom stereocenters. The Kier molecular flexibility index (Phi) is 3.42. The van der Waals surface area contributed by atoms with Gasteiger partial charge in [-0.3, -0.25) is 9.88 Å². The normalized spacial score (nSPS) is 29.9. The topological polar surface area (TPSA) is 37.4 Å². The van der Waals surface area contributed by atoms with E-state index in [-0.39, 0.29) is 6.10 Å². The summed E-state index contributed by atoms with van der Waals surface area (Å²) in [6.07, 6.45) is 1.96. The number of nitrogens with zero attached hydrogens (tertiary/aromatic N) is 2. The van der Waals surface area contributed by atoms with Crippen LogP contribution in [0.2, 0.25) is 0 Å². The molecule has 92 valence electrons. The van der Waals surface area contributed by atoms with Crippen molar-refractivity contribution in [2.24, 2.45) is 0 Å². The van der Waals surface area contributed by atoms with E-state index in [1.807, 2.05) is 18.3 Å². The molecule has 0 aliphatic carbocycles. The maximum atomic E-state index is 5.91. The summed E-state index contributed by atoms with van der Waals surface area (Å²) in [5.74, 6) is 0. The van der Waals surface area contributed by atoms with E-state index in [4.69, 9.17) is 4.74 Å². The Balaban J connectivity index is 1.71. The zero-order valence-corrected chi connectivity index (χ0v) is 11.2. The number of halogens is 1. The van der Waals surface area contributed by atoms with Gasteiger partial charge in [-0.2, -0.15) is 0 Å². The third-order valence-corrected chi connectivity index (χ3v) is 3.91. The van der Waals surface area contributed by atoms with Gasteiger partial charge in [-0.15, -0.1) is 0 Å². The molecule has 1 aromatic heterocycles. The minimum atomic E-state index is 0.123. The van der Waals surface area contributed by atoms with Crippen LogP contribution in [-0.4, -0.2) is 48.7 Å². The number of morpholine rings is 1. The van der Waals surface area contributed by atoms with E-state index in [0.717, 1.165) is 43.0 Å². The molecule has 5 heteroatoms. The van der Waals surface area contributed by atoms with Gasteiger partial charge in [0, 0.05) is 42.9 Å². The Bertz CT molecular complexity index is 384. The summed E-state index contributed by atoms with van der Waals surface area (Å²) in [4.78, 5) is 6.93. The van der Waals surface area contributed by atoms with Crippen LogP contribution in [0.5, 0.6) is 0 Å². The van der Waals surface area contributed by atoms with Crippen molar-refractivity contribution in [1.82, 2.24) is 15.2 Å². The molecule has 2 aliphatic heterocycles. The first-order chi connectivity index (χ1) is 8.33. The molecule has 1 unspecified atom stereocenters. The molecule has 0 saturated carbocycles. The van der Waals surface area contributed by atoms with Crippen LogP contribution in [0.3, 0.4) is 0 Å². The van der Waals surface area contributed by atoms with Crippen LogP contribution in [0, 0.1) is 0 Å². The summed E-state index contributed by atoms with van der Waals surface area (Å²) in [7, 11) is 0. The van der Waals surface area contributed by atoms with E-state index in [1.165, 1.54) is 0 Å². The SMILES string of the molecule is Brc1ccc(C2CN3CCNC[C@H]3CO2)nc1. The van der Waals surface area contributed by atoms with Gasteiger partial charge >= 0.3 is 0 Å². The van der Waals surface area contributed by atoms with Crippen LogP contribution in [0.1, 0.15) is 11.8 Å². The van der Waals surface area contributed by atoms with Gasteiger partial charge in [0.15, 0.2) is 0 Å². The number of ether oxygens (including phenoxy) is 1. The van der Waals surface area contributed by atoms with Crippen molar-refractivity contribution in [3.05, 3.63) is 28.5 Å². The highest BCUT2D eigenvalue weighted by atomic mass is 79.9. The zero-order valence-electron chi connectivity index (χ0n) is 9.60. The number of rotatable bonds is 1. The first-order valence-corrected chi connectivity index (χ1v) is 6.80. The smallest absolute Gasteiger partial charge is 0.112 e. The lowest BCUT2D eigenvalue weighted by Gasteiger charge is -2.42. The van der Waals surface area contributed by atoms with Crippen LogP contribution in [0.4, 0.5) is 0 Å². The molecule has 0 radical (unpaired) electrons. The molecular weight excluding hydrogens is 282 g/mol. The van der Waals surface area contributed by atoms with Crippen LogP contribution >= 0.6 is 15.9 Å². The minimum absolute atomic E-state index is 0.123. The number of aromatic nitrogens is 1. The fourth-order valence-electron chi connectivity index (χ4n) is 2.46. The molecule has 1 N–H and O–H groups in total. The molecule has 1 aromatic rings. The van der Waals surface area contributed by atoms with Gasteiger partial charge in [0.1, 0.15) is 6.10 Å². The average Bonchev–Trinajstić information content (AvgIpc) is 2.39. The van der Waals surface area contributed by atoms with Crippen molar-refractivity contribution in [3.63, 3.8) is 0 Å². The van der Waals surface area contributed by atoms with Crippen molar-refractivity contribution in [2.45, 2.75) is 12.1 Å². The number of pyridine rings is 1. The largest absolute Gasteiger partial charge is 0.369 e. The molecule has 2 saturated heterocycles. The summed E-state index contributed by atoms with van der Waals surface area (Å²) in [5, 5.41) is 3.40. The molecular formula is C12H16BrN3O. The standard InChI is InChI=1S/C12H16BrN3O/c13-9-1-2-11(15-5-9)12-7-16-4-3-14-6-10(16)8-17-12/h1-2,5,10,12,14H,3-4,6-8H2/t10-,12?/m0/s1. The Morgan fingerprint density at radius 3 is 3.24 bits per heavy atom. The highest BCUT2D eigenvalue weighted by Crippen LogP contribution is 2.24. The van der Waals surface area contributed by atoms with Gasteiger partial charge in [-0.05, 0) is 28.1 Å². The Labute approximate surface area is 109 Å². The monoisotopic (exact) mass is 297 g/mol. The second-order valence-corrected chi connectivity index (χ2v) is 5.49. The van der Waals surface area contributed by atoms with E-state index in [0.29, 0.717) is 6.04 Å². The Morgan fingerprint density at radius 2 is 2.41 bits per heavy atom. The molecule has 3 rings (SSSR count). The van der Waals surface area contributed by atoms with Gasteiger partial charge in [-0.25, -0.2) is 0 Å². The molecule has 0 amide bonds. The molecule has 3 heterocycles. The van der Waals surface area contributed by atoms with Crippen molar-refractivity contribution >= 4 is 15.9 Å². The molecule has 2 fully saturated rings. The number of hydrogen-bond acceptors (Lipinski definition) is 4.